The molecule has 1 aromatic rings. The summed E-state index contributed by atoms with van der Waals surface area (Å²) in [6, 6.07) is 5.25. The van der Waals surface area contributed by atoms with Crippen molar-refractivity contribution in [1.29, 1.82) is 0 Å². The first kappa shape index (κ1) is 19.4. The van der Waals surface area contributed by atoms with E-state index >= 15 is 0 Å². The average molecular weight is 385 g/mol. The summed E-state index contributed by atoms with van der Waals surface area (Å²) in [5.41, 5.74) is 4.65. The first-order valence-electron chi connectivity index (χ1n) is 10.2. The number of ether oxygens (including phenoxy) is 1. The summed E-state index contributed by atoms with van der Waals surface area (Å²) in [6.45, 7) is 2.55. The smallest absolute Gasteiger partial charge is 0.158 e. The molecule has 6 nitrogen and oxygen atoms in total. The number of nitroso groups, excluding NO2 is 1. The standard InChI is InChI=1S/C22H27NO5/c1-12-5-8-19(25)16(7-6-13(10-24)23-27)21-17(12)9-18-14(20-11-28-20)3-2-4-15(18)22(21)26/h2-4,12-13,17,20,22,24,26H,5-11H2,1H3/t12?,13-,17-,20?,22-/m1/s1. The molecule has 28 heavy (non-hydrogen) atoms. The highest BCUT2D eigenvalue weighted by Gasteiger charge is 2.41. The van der Waals surface area contributed by atoms with Crippen molar-refractivity contribution in [2.45, 2.75) is 57.3 Å². The first-order chi connectivity index (χ1) is 13.5. The van der Waals surface area contributed by atoms with Crippen molar-refractivity contribution in [2.24, 2.45) is 17.0 Å². The van der Waals surface area contributed by atoms with Gasteiger partial charge in [0.05, 0.1) is 13.2 Å². The summed E-state index contributed by atoms with van der Waals surface area (Å²) in [7, 11) is 0. The monoisotopic (exact) mass is 385 g/mol. The second-order valence-corrected chi connectivity index (χ2v) is 8.30. The number of hydrogen-bond donors (Lipinski definition) is 2. The SMILES string of the molecule is CC1CCC(=O)C(CC[C@H](CO)N=O)=C2[C@H](O)c3cccc(C4CO4)c3C[C@@H]21. The van der Waals surface area contributed by atoms with Crippen molar-refractivity contribution in [2.75, 3.05) is 13.2 Å². The molecule has 1 aliphatic heterocycles. The van der Waals surface area contributed by atoms with Gasteiger partial charge in [0.15, 0.2) is 5.78 Å². The number of Topliss-reactive ketones (excluding diaryl/α,β-unsaturated/α-hetero) is 1. The van der Waals surface area contributed by atoms with Crippen molar-refractivity contribution < 1.29 is 19.7 Å². The van der Waals surface area contributed by atoms with E-state index in [-0.39, 0.29) is 30.3 Å². The summed E-state index contributed by atoms with van der Waals surface area (Å²) in [5.74, 6) is 0.432. The zero-order chi connectivity index (χ0) is 19.8. The lowest BCUT2D eigenvalue weighted by Crippen LogP contribution is -2.28. The summed E-state index contributed by atoms with van der Waals surface area (Å²) in [4.78, 5) is 23.7. The van der Waals surface area contributed by atoms with Gasteiger partial charge in [-0.2, -0.15) is 4.91 Å². The van der Waals surface area contributed by atoms with Crippen LogP contribution in [0.25, 0.3) is 0 Å². The van der Waals surface area contributed by atoms with Gasteiger partial charge < -0.3 is 14.9 Å². The van der Waals surface area contributed by atoms with Gasteiger partial charge in [-0.1, -0.05) is 30.3 Å². The Labute approximate surface area is 164 Å². The van der Waals surface area contributed by atoms with Gasteiger partial charge in [0, 0.05) is 6.42 Å². The number of nitrogens with zero attached hydrogens (tertiary/aromatic N) is 1. The highest BCUT2D eigenvalue weighted by Crippen LogP contribution is 2.49. The van der Waals surface area contributed by atoms with Crippen LogP contribution in [0, 0.1) is 16.7 Å². The minimum atomic E-state index is -0.816. The molecular formula is C22H27NO5. The fourth-order valence-electron chi connectivity index (χ4n) is 4.89. The molecule has 5 atom stereocenters. The number of allylic oxidation sites excluding steroid dienone is 1. The Kier molecular flexibility index (Phi) is 5.45. The van der Waals surface area contributed by atoms with Gasteiger partial charge in [-0.25, -0.2) is 0 Å². The lowest BCUT2D eigenvalue weighted by molar-refractivity contribution is -0.115. The number of ketones is 1. The molecule has 4 rings (SSSR count). The Balaban J connectivity index is 1.77. The lowest BCUT2D eigenvalue weighted by atomic mass is 9.70. The van der Waals surface area contributed by atoms with Crippen LogP contribution < -0.4 is 0 Å². The van der Waals surface area contributed by atoms with Crippen LogP contribution in [0.15, 0.2) is 34.5 Å². The second-order valence-electron chi connectivity index (χ2n) is 8.30. The number of carbonyl (C=O) groups is 1. The predicted molar refractivity (Wildman–Crippen MR) is 104 cm³/mol. The van der Waals surface area contributed by atoms with E-state index in [2.05, 4.69) is 18.2 Å². The number of rotatable bonds is 6. The van der Waals surface area contributed by atoms with Gasteiger partial charge in [0.25, 0.3) is 0 Å². The molecule has 2 unspecified atom stereocenters. The number of aliphatic hydroxyl groups excluding tert-OH is 2. The van der Waals surface area contributed by atoms with Crippen LogP contribution in [0.1, 0.15) is 61.5 Å². The minimum absolute atomic E-state index is 0.0520. The maximum Gasteiger partial charge on any atom is 0.158 e. The maximum absolute atomic E-state index is 12.9. The van der Waals surface area contributed by atoms with E-state index in [1.165, 1.54) is 0 Å². The Bertz CT molecular complexity index is 813. The first-order valence-corrected chi connectivity index (χ1v) is 10.2. The third kappa shape index (κ3) is 3.45. The molecule has 150 valence electrons. The summed E-state index contributed by atoms with van der Waals surface area (Å²) >= 11 is 0. The second kappa shape index (κ2) is 7.85. The molecule has 6 heteroatoms. The van der Waals surface area contributed by atoms with Crippen molar-refractivity contribution in [1.82, 2.24) is 0 Å². The Morgan fingerprint density at radius 2 is 2.07 bits per heavy atom. The molecular weight excluding hydrogens is 358 g/mol. The number of aliphatic hydroxyl groups is 2. The molecule has 0 radical (unpaired) electrons. The number of epoxide rings is 1. The molecule has 1 heterocycles. The van der Waals surface area contributed by atoms with E-state index in [4.69, 9.17) is 4.74 Å². The summed E-state index contributed by atoms with van der Waals surface area (Å²) in [6.07, 6.45) is 2.04. The molecule has 0 spiro atoms. The largest absolute Gasteiger partial charge is 0.394 e. The van der Waals surface area contributed by atoms with Crippen LogP contribution in [0.3, 0.4) is 0 Å². The highest BCUT2D eigenvalue weighted by molar-refractivity contribution is 5.96. The number of benzene rings is 1. The zero-order valence-corrected chi connectivity index (χ0v) is 16.1. The van der Waals surface area contributed by atoms with E-state index in [1.54, 1.807) is 0 Å². The van der Waals surface area contributed by atoms with E-state index in [0.29, 0.717) is 24.8 Å². The fraction of sp³-hybridized carbons (Fsp3) is 0.591. The maximum atomic E-state index is 12.9. The van der Waals surface area contributed by atoms with Gasteiger partial charge in [0.2, 0.25) is 0 Å². The van der Waals surface area contributed by atoms with Crippen molar-refractivity contribution in [3.05, 3.63) is 50.9 Å². The van der Waals surface area contributed by atoms with Crippen LogP contribution in [0.2, 0.25) is 0 Å². The fourth-order valence-corrected chi connectivity index (χ4v) is 4.89. The Morgan fingerprint density at radius 3 is 2.75 bits per heavy atom. The lowest BCUT2D eigenvalue weighted by Gasteiger charge is -2.36. The highest BCUT2D eigenvalue weighted by atomic mass is 16.6. The third-order valence-corrected chi connectivity index (χ3v) is 6.63. The van der Waals surface area contributed by atoms with Crippen LogP contribution in [-0.2, 0) is 16.0 Å². The Morgan fingerprint density at radius 1 is 1.32 bits per heavy atom. The molecule has 2 aliphatic carbocycles. The van der Waals surface area contributed by atoms with E-state index in [1.807, 2.05) is 12.1 Å². The van der Waals surface area contributed by atoms with Gasteiger partial charge >= 0.3 is 0 Å². The van der Waals surface area contributed by atoms with Gasteiger partial charge in [0.1, 0.15) is 18.2 Å². The number of carbonyl (C=O) groups excluding carboxylic acids is 1. The van der Waals surface area contributed by atoms with Gasteiger partial charge in [-0.05, 0) is 65.4 Å². The minimum Gasteiger partial charge on any atom is -0.394 e. The van der Waals surface area contributed by atoms with Crippen molar-refractivity contribution in [3.63, 3.8) is 0 Å². The predicted octanol–water partition coefficient (Wildman–Crippen LogP) is 3.17. The van der Waals surface area contributed by atoms with Crippen molar-refractivity contribution >= 4 is 5.78 Å². The van der Waals surface area contributed by atoms with Gasteiger partial charge in [-0.15, -0.1) is 0 Å². The van der Waals surface area contributed by atoms with Gasteiger partial charge in [-0.3, -0.25) is 4.79 Å². The third-order valence-electron chi connectivity index (χ3n) is 6.63. The van der Waals surface area contributed by atoms with E-state index in [9.17, 15) is 19.9 Å². The average Bonchev–Trinajstić information content (AvgIpc) is 3.55. The van der Waals surface area contributed by atoms with E-state index < -0.39 is 12.1 Å². The summed E-state index contributed by atoms with van der Waals surface area (Å²) < 4.78 is 5.50. The zero-order valence-electron chi connectivity index (χ0n) is 16.1. The molecule has 3 aliphatic rings. The molecule has 0 bridgehead atoms. The molecule has 0 saturated carbocycles. The van der Waals surface area contributed by atoms with E-state index in [0.717, 1.165) is 41.7 Å². The quantitative estimate of drug-likeness (QED) is 0.579. The number of hydrogen-bond acceptors (Lipinski definition) is 6. The Hall–Kier alpha value is -1.89. The molecule has 0 amide bonds. The molecule has 1 saturated heterocycles. The number of fused-ring (bicyclic) bond motifs is 2. The molecule has 1 aromatic carbocycles. The normalized spacial score (nSPS) is 30.3. The van der Waals surface area contributed by atoms with Crippen LogP contribution in [0.5, 0.6) is 0 Å². The topological polar surface area (TPSA) is 99.5 Å². The van der Waals surface area contributed by atoms with Crippen LogP contribution in [-0.4, -0.2) is 35.3 Å². The van der Waals surface area contributed by atoms with Crippen LogP contribution in [0.4, 0.5) is 0 Å². The van der Waals surface area contributed by atoms with Crippen molar-refractivity contribution in [3.8, 4) is 0 Å². The summed E-state index contributed by atoms with van der Waals surface area (Å²) in [5, 5.41) is 23.5. The molecule has 1 fully saturated rings. The molecule has 2 N–H and O–H groups in total. The molecule has 0 aromatic heterocycles. The van der Waals surface area contributed by atoms with Crippen LogP contribution >= 0.6 is 0 Å².